The summed E-state index contributed by atoms with van der Waals surface area (Å²) in [4.78, 5) is 12.2. The highest BCUT2D eigenvalue weighted by atomic mass is 35.5. The maximum atomic E-state index is 12.2. The van der Waals surface area contributed by atoms with Gasteiger partial charge in [0, 0.05) is 16.6 Å². The van der Waals surface area contributed by atoms with Crippen LogP contribution in [0.25, 0.3) is 0 Å². The summed E-state index contributed by atoms with van der Waals surface area (Å²) in [6, 6.07) is 15.2. The van der Waals surface area contributed by atoms with E-state index in [1.807, 2.05) is 62.4 Å². The first-order valence-electron chi connectivity index (χ1n) is 7.92. The van der Waals surface area contributed by atoms with Crippen LogP contribution < -0.4 is 15.4 Å². The topological polar surface area (TPSA) is 50.4 Å². The Hall–Kier alpha value is -2.04. The van der Waals surface area contributed by atoms with Gasteiger partial charge in [-0.3, -0.25) is 4.79 Å². The van der Waals surface area contributed by atoms with Gasteiger partial charge < -0.3 is 15.4 Å². The average Bonchev–Trinajstić information content (AvgIpc) is 2.60. The van der Waals surface area contributed by atoms with Crippen molar-refractivity contribution in [1.29, 1.82) is 0 Å². The van der Waals surface area contributed by atoms with E-state index >= 15 is 0 Å². The smallest absolute Gasteiger partial charge is 0.234 e. The molecule has 24 heavy (non-hydrogen) atoms. The fourth-order valence-corrected chi connectivity index (χ4v) is 2.64. The predicted molar refractivity (Wildman–Crippen MR) is 97.4 cm³/mol. The summed E-state index contributed by atoms with van der Waals surface area (Å²) in [6.45, 7) is 4.20. The van der Waals surface area contributed by atoms with Crippen LogP contribution in [0, 0.1) is 0 Å². The molecule has 2 unspecified atom stereocenters. The van der Waals surface area contributed by atoms with Crippen molar-refractivity contribution in [3.63, 3.8) is 0 Å². The maximum absolute atomic E-state index is 12.2. The lowest BCUT2D eigenvalue weighted by Crippen LogP contribution is -2.36. The van der Waals surface area contributed by atoms with E-state index < -0.39 is 0 Å². The average molecular weight is 347 g/mol. The van der Waals surface area contributed by atoms with Crippen molar-refractivity contribution in [2.75, 3.05) is 13.7 Å². The molecule has 0 saturated carbocycles. The predicted octanol–water partition coefficient (Wildman–Crippen LogP) is 3.88. The lowest BCUT2D eigenvalue weighted by Gasteiger charge is -2.19. The van der Waals surface area contributed by atoms with Crippen LogP contribution in [0.5, 0.6) is 5.75 Å². The molecule has 2 N–H and O–H groups in total. The molecule has 0 spiro atoms. The number of halogens is 1. The maximum Gasteiger partial charge on any atom is 0.234 e. The van der Waals surface area contributed by atoms with Crippen molar-refractivity contribution >= 4 is 17.5 Å². The lowest BCUT2D eigenvalue weighted by molar-refractivity contribution is -0.121. The summed E-state index contributed by atoms with van der Waals surface area (Å²) in [6.07, 6.45) is 0. The van der Waals surface area contributed by atoms with Crippen molar-refractivity contribution in [2.24, 2.45) is 0 Å². The summed E-state index contributed by atoms with van der Waals surface area (Å²) in [5, 5.41) is 6.90. The van der Waals surface area contributed by atoms with E-state index in [1.54, 1.807) is 7.11 Å². The van der Waals surface area contributed by atoms with E-state index in [9.17, 15) is 4.79 Å². The van der Waals surface area contributed by atoms with Gasteiger partial charge in [-0.2, -0.15) is 0 Å². The molecule has 2 aromatic carbocycles. The van der Waals surface area contributed by atoms with E-state index in [0.717, 1.165) is 16.9 Å². The molecule has 0 aliphatic carbocycles. The highest BCUT2D eigenvalue weighted by molar-refractivity contribution is 6.30. The number of nitrogens with one attached hydrogen (secondary N) is 2. The largest absolute Gasteiger partial charge is 0.496 e. The van der Waals surface area contributed by atoms with Crippen molar-refractivity contribution in [3.8, 4) is 5.75 Å². The van der Waals surface area contributed by atoms with E-state index in [1.165, 1.54) is 0 Å². The summed E-state index contributed by atoms with van der Waals surface area (Å²) >= 11 is 5.89. The molecule has 0 fully saturated rings. The number of rotatable bonds is 7. The molecule has 0 aromatic heterocycles. The third-order valence-electron chi connectivity index (χ3n) is 3.92. The molecule has 2 aromatic rings. The Morgan fingerprint density at radius 1 is 1.08 bits per heavy atom. The monoisotopic (exact) mass is 346 g/mol. The highest BCUT2D eigenvalue weighted by Crippen LogP contribution is 2.24. The molecule has 128 valence electrons. The van der Waals surface area contributed by atoms with Gasteiger partial charge in [0.05, 0.1) is 19.7 Å². The molecule has 2 rings (SSSR count). The van der Waals surface area contributed by atoms with Gasteiger partial charge in [0.15, 0.2) is 0 Å². The van der Waals surface area contributed by atoms with E-state index in [0.29, 0.717) is 5.02 Å². The first kappa shape index (κ1) is 18.3. The van der Waals surface area contributed by atoms with Crippen molar-refractivity contribution in [1.82, 2.24) is 10.6 Å². The summed E-state index contributed by atoms with van der Waals surface area (Å²) in [5.74, 6) is 0.710. The molecule has 0 radical (unpaired) electrons. The first-order chi connectivity index (χ1) is 11.5. The number of amides is 1. The van der Waals surface area contributed by atoms with Gasteiger partial charge in [0.1, 0.15) is 5.75 Å². The second-order valence-corrected chi connectivity index (χ2v) is 6.12. The third-order valence-corrected chi connectivity index (χ3v) is 4.17. The first-order valence-corrected chi connectivity index (χ1v) is 8.30. The van der Waals surface area contributed by atoms with Gasteiger partial charge in [-0.05, 0) is 37.6 Å². The Balaban J connectivity index is 1.87. The molecule has 5 heteroatoms. The summed E-state index contributed by atoms with van der Waals surface area (Å²) < 4.78 is 5.34. The highest BCUT2D eigenvalue weighted by Gasteiger charge is 2.14. The number of ether oxygens (including phenoxy) is 1. The fourth-order valence-electron chi connectivity index (χ4n) is 2.51. The molecule has 0 aliphatic rings. The molecule has 0 saturated heterocycles. The second kappa shape index (κ2) is 8.71. The molecular formula is C19H23ClN2O2. The minimum absolute atomic E-state index is 0.0609. The summed E-state index contributed by atoms with van der Waals surface area (Å²) in [5.41, 5.74) is 2.05. The van der Waals surface area contributed by atoms with Gasteiger partial charge in [0.2, 0.25) is 5.91 Å². The summed E-state index contributed by atoms with van der Waals surface area (Å²) in [7, 11) is 1.63. The molecule has 1 amide bonds. The van der Waals surface area contributed by atoms with Crippen molar-refractivity contribution in [3.05, 3.63) is 64.7 Å². The Bertz CT molecular complexity index is 673. The van der Waals surface area contributed by atoms with E-state index in [-0.39, 0.29) is 24.5 Å². The number of hydrogen-bond acceptors (Lipinski definition) is 3. The third kappa shape index (κ3) is 4.98. The number of hydrogen-bond donors (Lipinski definition) is 2. The van der Waals surface area contributed by atoms with Crippen LogP contribution in [0.4, 0.5) is 0 Å². The number of benzene rings is 2. The normalized spacial score (nSPS) is 13.2. The van der Waals surface area contributed by atoms with Crippen LogP contribution in [0.15, 0.2) is 48.5 Å². The van der Waals surface area contributed by atoms with E-state index in [4.69, 9.17) is 16.3 Å². The molecule has 2 atom stereocenters. The fraction of sp³-hybridized carbons (Fsp3) is 0.316. The lowest BCUT2D eigenvalue weighted by atomic mass is 10.1. The number of carbonyl (C=O) groups is 1. The van der Waals surface area contributed by atoms with Crippen LogP contribution in [-0.4, -0.2) is 19.6 Å². The standard InChI is InChI=1S/C19H23ClN2O2/c1-13(15-8-10-16(20)11-9-15)21-12-19(23)22-14(2)17-6-4-5-7-18(17)24-3/h4-11,13-14,21H,12H2,1-3H3,(H,22,23). The zero-order valence-electron chi connectivity index (χ0n) is 14.2. The SMILES string of the molecule is COc1ccccc1C(C)NC(=O)CNC(C)c1ccc(Cl)cc1. The molecular weight excluding hydrogens is 324 g/mol. The Kier molecular flexibility index (Phi) is 6.64. The Morgan fingerprint density at radius 3 is 2.42 bits per heavy atom. The van der Waals surface area contributed by atoms with Gasteiger partial charge in [-0.25, -0.2) is 0 Å². The molecule has 4 nitrogen and oxygen atoms in total. The number of carbonyl (C=O) groups excluding carboxylic acids is 1. The van der Waals surface area contributed by atoms with Crippen LogP contribution in [0.2, 0.25) is 5.02 Å². The van der Waals surface area contributed by atoms with Gasteiger partial charge in [-0.1, -0.05) is 41.9 Å². The van der Waals surface area contributed by atoms with Gasteiger partial charge in [-0.15, -0.1) is 0 Å². The number of para-hydroxylation sites is 1. The minimum Gasteiger partial charge on any atom is -0.496 e. The zero-order valence-corrected chi connectivity index (χ0v) is 14.9. The van der Waals surface area contributed by atoms with Crippen molar-refractivity contribution < 1.29 is 9.53 Å². The second-order valence-electron chi connectivity index (χ2n) is 5.69. The quantitative estimate of drug-likeness (QED) is 0.800. The van der Waals surface area contributed by atoms with Crippen LogP contribution in [-0.2, 0) is 4.79 Å². The minimum atomic E-state index is -0.124. The zero-order chi connectivity index (χ0) is 17.5. The van der Waals surface area contributed by atoms with Crippen LogP contribution in [0.1, 0.15) is 37.1 Å². The molecule has 0 aliphatic heterocycles. The molecule has 0 heterocycles. The number of methoxy groups -OCH3 is 1. The van der Waals surface area contributed by atoms with Gasteiger partial charge in [0.25, 0.3) is 0 Å². The van der Waals surface area contributed by atoms with Crippen molar-refractivity contribution in [2.45, 2.75) is 25.9 Å². The van der Waals surface area contributed by atoms with Crippen LogP contribution >= 0.6 is 11.6 Å². The Morgan fingerprint density at radius 2 is 1.75 bits per heavy atom. The Labute approximate surface area is 148 Å². The van der Waals surface area contributed by atoms with Crippen LogP contribution in [0.3, 0.4) is 0 Å². The van der Waals surface area contributed by atoms with E-state index in [2.05, 4.69) is 10.6 Å². The molecule has 0 bridgehead atoms. The van der Waals surface area contributed by atoms with Gasteiger partial charge >= 0.3 is 0 Å².